The molecule has 1 aromatic rings. The van der Waals surface area contributed by atoms with Gasteiger partial charge >= 0.3 is 5.97 Å². The van der Waals surface area contributed by atoms with Gasteiger partial charge in [0.05, 0.1) is 6.04 Å². The number of aliphatic carboxylic acids is 1. The number of carbonyl (C=O) groups excluding carboxylic acids is 4. The average Bonchev–Trinajstić information content (AvgIpc) is 2.79. The van der Waals surface area contributed by atoms with Crippen molar-refractivity contribution in [2.75, 3.05) is 0 Å². The second-order valence-corrected chi connectivity index (χ2v) is 9.34. The van der Waals surface area contributed by atoms with Crippen LogP contribution in [0.25, 0.3) is 0 Å². The van der Waals surface area contributed by atoms with Crippen molar-refractivity contribution in [3.63, 3.8) is 0 Å². The molecular formula is C24H37N5O7. The summed E-state index contributed by atoms with van der Waals surface area (Å²) >= 11 is 0. The van der Waals surface area contributed by atoms with E-state index >= 15 is 0 Å². The molecule has 4 atom stereocenters. The number of primary amides is 1. The van der Waals surface area contributed by atoms with Gasteiger partial charge in [-0.2, -0.15) is 0 Å². The highest BCUT2D eigenvalue weighted by molar-refractivity contribution is 5.94. The summed E-state index contributed by atoms with van der Waals surface area (Å²) in [6, 6.07) is 1.47. The van der Waals surface area contributed by atoms with E-state index in [0.29, 0.717) is 5.56 Å². The summed E-state index contributed by atoms with van der Waals surface area (Å²) in [4.78, 5) is 61.1. The van der Waals surface area contributed by atoms with E-state index in [-0.39, 0.29) is 30.9 Å². The average molecular weight is 508 g/mol. The molecule has 12 heteroatoms. The Kier molecular flexibility index (Phi) is 11.8. The minimum atomic E-state index is -1.27. The van der Waals surface area contributed by atoms with E-state index in [1.165, 1.54) is 12.1 Å². The van der Waals surface area contributed by atoms with E-state index in [1.54, 1.807) is 39.8 Å². The number of aromatic hydroxyl groups is 1. The Morgan fingerprint density at radius 1 is 0.833 bits per heavy atom. The summed E-state index contributed by atoms with van der Waals surface area (Å²) in [5.41, 5.74) is 11.4. The minimum Gasteiger partial charge on any atom is -0.508 e. The van der Waals surface area contributed by atoms with Gasteiger partial charge in [-0.25, -0.2) is 4.79 Å². The number of carbonyl (C=O) groups is 5. The molecule has 0 heterocycles. The SMILES string of the molecule is CC(C)C(NC(=O)C(N)CCC(N)=O)C(=O)NC(C(=O)NC(Cc1ccc(O)cc1)C(=O)O)C(C)C. The first-order valence-electron chi connectivity index (χ1n) is 11.7. The molecule has 4 amide bonds. The number of phenols is 1. The third-order valence-corrected chi connectivity index (χ3v) is 5.52. The van der Waals surface area contributed by atoms with Gasteiger partial charge in [-0.1, -0.05) is 39.8 Å². The number of amides is 4. The zero-order valence-electron chi connectivity index (χ0n) is 21.0. The van der Waals surface area contributed by atoms with Gasteiger partial charge in [0.2, 0.25) is 23.6 Å². The standard InChI is InChI=1S/C24H37N5O7/c1-12(2)19(22(33)27-17(24(35)36)11-14-5-7-15(30)8-6-14)29-23(34)20(13(3)4)28-21(32)16(25)9-10-18(26)31/h5-8,12-13,16-17,19-20,30H,9-11,25H2,1-4H3,(H2,26,31)(H,27,33)(H,28,32)(H,29,34)(H,35,36). The Morgan fingerprint density at radius 2 is 1.31 bits per heavy atom. The van der Waals surface area contributed by atoms with E-state index in [1.807, 2.05) is 0 Å². The zero-order valence-corrected chi connectivity index (χ0v) is 21.0. The smallest absolute Gasteiger partial charge is 0.326 e. The molecule has 0 bridgehead atoms. The molecular weight excluding hydrogens is 470 g/mol. The molecule has 0 saturated heterocycles. The lowest BCUT2D eigenvalue weighted by Crippen LogP contribution is -2.59. The molecule has 1 aromatic carbocycles. The number of nitrogens with one attached hydrogen (secondary N) is 3. The van der Waals surface area contributed by atoms with Crippen molar-refractivity contribution in [2.45, 2.75) is 71.1 Å². The maximum atomic E-state index is 13.0. The first kappa shape index (κ1) is 30.4. The summed E-state index contributed by atoms with van der Waals surface area (Å²) < 4.78 is 0. The number of hydrogen-bond acceptors (Lipinski definition) is 7. The summed E-state index contributed by atoms with van der Waals surface area (Å²) in [6.07, 6.45) is -0.103. The van der Waals surface area contributed by atoms with Gasteiger partial charge in [-0.3, -0.25) is 19.2 Å². The van der Waals surface area contributed by atoms with Crippen molar-refractivity contribution in [2.24, 2.45) is 23.3 Å². The molecule has 0 aliphatic heterocycles. The normalized spacial score (nSPS) is 14.4. The van der Waals surface area contributed by atoms with E-state index in [4.69, 9.17) is 11.5 Å². The number of carboxylic acid groups (broad SMARTS) is 1. The van der Waals surface area contributed by atoms with Crippen LogP contribution in [0.2, 0.25) is 0 Å². The van der Waals surface area contributed by atoms with Crippen LogP contribution in [0.4, 0.5) is 0 Å². The van der Waals surface area contributed by atoms with Gasteiger partial charge in [0.1, 0.15) is 23.9 Å². The lowest BCUT2D eigenvalue weighted by Gasteiger charge is -2.28. The van der Waals surface area contributed by atoms with Crippen LogP contribution in [0.1, 0.15) is 46.1 Å². The number of carboxylic acids is 1. The van der Waals surface area contributed by atoms with Crippen LogP contribution in [0.15, 0.2) is 24.3 Å². The monoisotopic (exact) mass is 507 g/mol. The van der Waals surface area contributed by atoms with E-state index in [2.05, 4.69) is 16.0 Å². The number of phenolic OH excluding ortho intramolecular Hbond substituents is 1. The molecule has 0 fully saturated rings. The number of hydrogen-bond donors (Lipinski definition) is 7. The van der Waals surface area contributed by atoms with Crippen molar-refractivity contribution in [1.82, 2.24) is 16.0 Å². The summed E-state index contributed by atoms with van der Waals surface area (Å²) in [7, 11) is 0. The fourth-order valence-corrected chi connectivity index (χ4v) is 3.33. The maximum absolute atomic E-state index is 13.0. The van der Waals surface area contributed by atoms with Crippen LogP contribution in [0, 0.1) is 11.8 Å². The van der Waals surface area contributed by atoms with Crippen LogP contribution in [-0.4, -0.2) is 64.0 Å². The van der Waals surface area contributed by atoms with Gasteiger partial charge in [-0.05, 0) is 36.0 Å². The van der Waals surface area contributed by atoms with Crippen molar-refractivity contribution in [3.8, 4) is 5.75 Å². The molecule has 36 heavy (non-hydrogen) atoms. The number of nitrogens with two attached hydrogens (primary N) is 2. The largest absolute Gasteiger partial charge is 0.508 e. The Balaban J connectivity index is 2.92. The topological polar surface area (TPSA) is 214 Å². The molecule has 0 saturated carbocycles. The second kappa shape index (κ2) is 14.0. The predicted molar refractivity (Wildman–Crippen MR) is 131 cm³/mol. The van der Waals surface area contributed by atoms with Crippen LogP contribution in [-0.2, 0) is 30.4 Å². The zero-order chi connectivity index (χ0) is 27.6. The summed E-state index contributed by atoms with van der Waals surface area (Å²) in [6.45, 7) is 6.76. The Hall–Kier alpha value is -3.67. The molecule has 1 rings (SSSR count). The van der Waals surface area contributed by atoms with Crippen LogP contribution >= 0.6 is 0 Å². The quantitative estimate of drug-likeness (QED) is 0.172. The molecule has 200 valence electrons. The van der Waals surface area contributed by atoms with Crippen LogP contribution in [0.3, 0.4) is 0 Å². The maximum Gasteiger partial charge on any atom is 0.326 e. The predicted octanol–water partition coefficient (Wildman–Crippen LogP) is -0.621. The van der Waals surface area contributed by atoms with Gasteiger partial charge in [0.25, 0.3) is 0 Å². The number of benzene rings is 1. The first-order valence-corrected chi connectivity index (χ1v) is 11.7. The molecule has 0 aliphatic carbocycles. The fraction of sp³-hybridized carbons (Fsp3) is 0.542. The van der Waals surface area contributed by atoms with Gasteiger partial charge < -0.3 is 37.6 Å². The van der Waals surface area contributed by atoms with Crippen molar-refractivity contribution < 1.29 is 34.2 Å². The lowest BCUT2D eigenvalue weighted by atomic mass is 9.98. The molecule has 0 aliphatic rings. The van der Waals surface area contributed by atoms with E-state index < -0.39 is 59.7 Å². The van der Waals surface area contributed by atoms with Gasteiger partial charge in [0.15, 0.2) is 0 Å². The highest BCUT2D eigenvalue weighted by Gasteiger charge is 2.33. The number of rotatable bonds is 14. The van der Waals surface area contributed by atoms with Crippen molar-refractivity contribution in [3.05, 3.63) is 29.8 Å². The lowest BCUT2D eigenvalue weighted by molar-refractivity contribution is -0.142. The molecule has 9 N–H and O–H groups in total. The molecule has 0 aromatic heterocycles. The van der Waals surface area contributed by atoms with Gasteiger partial charge in [0, 0.05) is 12.8 Å². The van der Waals surface area contributed by atoms with E-state index in [9.17, 15) is 34.2 Å². The molecule has 0 radical (unpaired) electrons. The Bertz CT molecular complexity index is 933. The molecule has 0 spiro atoms. The Morgan fingerprint density at radius 3 is 1.75 bits per heavy atom. The Labute approximate surface area is 210 Å². The van der Waals surface area contributed by atoms with Crippen LogP contribution in [0.5, 0.6) is 5.75 Å². The summed E-state index contributed by atoms with van der Waals surface area (Å²) in [5.74, 6) is -4.59. The van der Waals surface area contributed by atoms with Crippen molar-refractivity contribution >= 4 is 29.6 Å². The fourth-order valence-electron chi connectivity index (χ4n) is 3.33. The highest BCUT2D eigenvalue weighted by atomic mass is 16.4. The third kappa shape index (κ3) is 9.90. The van der Waals surface area contributed by atoms with E-state index in [0.717, 1.165) is 0 Å². The van der Waals surface area contributed by atoms with Gasteiger partial charge in [-0.15, -0.1) is 0 Å². The molecule has 12 nitrogen and oxygen atoms in total. The highest BCUT2D eigenvalue weighted by Crippen LogP contribution is 2.13. The van der Waals surface area contributed by atoms with Crippen LogP contribution < -0.4 is 27.4 Å². The van der Waals surface area contributed by atoms with Crippen molar-refractivity contribution in [1.29, 1.82) is 0 Å². The minimum absolute atomic E-state index is 0.0161. The summed E-state index contributed by atoms with van der Waals surface area (Å²) in [5, 5.41) is 26.6. The second-order valence-electron chi connectivity index (χ2n) is 9.34. The third-order valence-electron chi connectivity index (χ3n) is 5.52. The molecule has 4 unspecified atom stereocenters. The first-order chi connectivity index (χ1) is 16.7.